The molecule has 2 N–H and O–H groups in total. The zero-order valence-electron chi connectivity index (χ0n) is 15.8. The van der Waals surface area contributed by atoms with Gasteiger partial charge in [0.15, 0.2) is 0 Å². The Bertz CT molecular complexity index is 547. The topological polar surface area (TPSA) is 50.4 Å². The fraction of sp³-hybridized carbons (Fsp3) is 0.833. The van der Waals surface area contributed by atoms with Gasteiger partial charge in [-0.15, -0.1) is 0 Å². The smallest absolute Gasteiger partial charge is 0.369 e. The van der Waals surface area contributed by atoms with Gasteiger partial charge in [-0.2, -0.15) is 4.48 Å². The van der Waals surface area contributed by atoms with Gasteiger partial charge in [-0.3, -0.25) is 0 Å². The highest BCUT2D eigenvalue weighted by atomic mass is 32.2. The van der Waals surface area contributed by atoms with Crippen LogP contribution in [0.25, 0.3) is 0 Å². The van der Waals surface area contributed by atoms with Gasteiger partial charge in [-0.05, 0) is 55.7 Å². The maximum Gasteiger partial charge on any atom is 0.428 e. The van der Waals surface area contributed by atoms with Crippen LogP contribution in [-0.2, 0) is 4.74 Å². The Labute approximate surface area is 150 Å². The summed E-state index contributed by atoms with van der Waals surface area (Å²) in [7, 11) is 0. The molecule has 3 heterocycles. The van der Waals surface area contributed by atoms with Crippen LogP contribution in [0.2, 0.25) is 0 Å². The lowest BCUT2D eigenvalue weighted by Crippen LogP contribution is -2.93. The van der Waals surface area contributed by atoms with E-state index < -0.39 is 5.12 Å². The molecule has 3 aliphatic rings. The Hall–Kier alpha value is -0.720. The SMILES string of the molecule is CCC(C)(C)[N+]1(C[C@H]2CCC(C(C)(C)C)O2)C(=O)NC12NC=CS2. The monoisotopic (exact) mass is 354 g/mol. The molecular formula is C18H32N3O2S+. The molecule has 0 bridgehead atoms. The third-order valence-corrected chi connectivity index (χ3v) is 7.34. The van der Waals surface area contributed by atoms with Crippen molar-refractivity contribution in [2.75, 3.05) is 6.54 Å². The van der Waals surface area contributed by atoms with Crippen molar-refractivity contribution in [3.05, 3.63) is 11.6 Å². The third-order valence-electron chi connectivity index (χ3n) is 6.20. The summed E-state index contributed by atoms with van der Waals surface area (Å²) in [6, 6.07) is 0.105. The standard InChI is InChI=1S/C18H31N3O2S/c1-7-17(5,6)21(15(22)20-18(21)19-10-11-24-18)12-13-8-9-14(23-13)16(2,3)4/h10-11,13-14,19H,7-9,12H2,1-6H3/p+1/t13-,14?,18?,21?/m1/s1. The molecule has 3 rings (SSSR count). The lowest BCUT2D eigenvalue weighted by Gasteiger charge is -2.62. The molecule has 0 radical (unpaired) electrons. The Balaban J connectivity index is 1.87. The number of hydrogen-bond donors (Lipinski definition) is 2. The van der Waals surface area contributed by atoms with Crippen LogP contribution in [-0.4, -0.2) is 39.9 Å². The first-order valence-electron chi connectivity index (χ1n) is 9.05. The number of amides is 2. The van der Waals surface area contributed by atoms with Crippen LogP contribution < -0.4 is 10.6 Å². The van der Waals surface area contributed by atoms with Gasteiger partial charge in [0.1, 0.15) is 18.2 Å². The lowest BCUT2D eigenvalue weighted by molar-refractivity contribution is -0.967. The quantitative estimate of drug-likeness (QED) is 0.756. The van der Waals surface area contributed by atoms with Crippen molar-refractivity contribution >= 4 is 17.8 Å². The van der Waals surface area contributed by atoms with Gasteiger partial charge >= 0.3 is 11.1 Å². The summed E-state index contributed by atoms with van der Waals surface area (Å²) in [5.74, 6) is 0. The van der Waals surface area contributed by atoms with E-state index in [1.165, 1.54) is 0 Å². The minimum absolute atomic E-state index is 0.105. The average molecular weight is 355 g/mol. The third kappa shape index (κ3) is 2.41. The molecule has 24 heavy (non-hydrogen) atoms. The number of ether oxygens (including phenoxy) is 1. The van der Waals surface area contributed by atoms with Crippen LogP contribution >= 0.6 is 11.8 Å². The van der Waals surface area contributed by atoms with E-state index in [4.69, 9.17) is 4.74 Å². The van der Waals surface area contributed by atoms with Crippen LogP contribution in [0.1, 0.15) is 60.8 Å². The molecule has 0 aromatic heterocycles. The van der Waals surface area contributed by atoms with Crippen molar-refractivity contribution in [2.45, 2.75) is 83.7 Å². The highest BCUT2D eigenvalue weighted by Crippen LogP contribution is 2.51. The van der Waals surface area contributed by atoms with E-state index in [0.29, 0.717) is 4.48 Å². The Morgan fingerprint density at radius 3 is 2.50 bits per heavy atom. The van der Waals surface area contributed by atoms with Crippen LogP contribution in [0.3, 0.4) is 0 Å². The molecule has 136 valence electrons. The van der Waals surface area contributed by atoms with Crippen molar-refractivity contribution < 1.29 is 14.0 Å². The number of thioether (sulfide) groups is 1. The molecule has 6 heteroatoms. The molecule has 5 nitrogen and oxygen atoms in total. The zero-order valence-corrected chi connectivity index (χ0v) is 16.6. The molecule has 3 aliphatic heterocycles. The molecule has 3 unspecified atom stereocenters. The van der Waals surface area contributed by atoms with E-state index >= 15 is 0 Å². The maximum atomic E-state index is 12.9. The first-order chi connectivity index (χ1) is 11.1. The molecule has 2 amide bonds. The zero-order chi connectivity index (χ0) is 17.8. The van der Waals surface area contributed by atoms with Gasteiger partial charge in [0.25, 0.3) is 0 Å². The lowest BCUT2D eigenvalue weighted by atomic mass is 9.87. The van der Waals surface area contributed by atoms with E-state index in [2.05, 4.69) is 52.2 Å². The number of urea groups is 1. The summed E-state index contributed by atoms with van der Waals surface area (Å²) in [4.78, 5) is 12.9. The minimum Gasteiger partial charge on any atom is -0.369 e. The van der Waals surface area contributed by atoms with Crippen LogP contribution in [0.15, 0.2) is 11.6 Å². The Kier molecular flexibility index (Phi) is 4.25. The molecule has 2 fully saturated rings. The van der Waals surface area contributed by atoms with Crippen LogP contribution in [0, 0.1) is 5.41 Å². The molecule has 2 saturated heterocycles. The summed E-state index contributed by atoms with van der Waals surface area (Å²) >= 11 is 1.67. The first-order valence-corrected chi connectivity index (χ1v) is 9.93. The van der Waals surface area contributed by atoms with Crippen molar-refractivity contribution in [1.29, 1.82) is 0 Å². The first kappa shape index (κ1) is 18.1. The van der Waals surface area contributed by atoms with Gasteiger partial charge in [-0.25, -0.2) is 10.1 Å². The van der Waals surface area contributed by atoms with Gasteiger partial charge in [0.2, 0.25) is 0 Å². The maximum absolute atomic E-state index is 12.9. The van der Waals surface area contributed by atoms with Crippen molar-refractivity contribution in [3.8, 4) is 0 Å². The molecule has 0 aliphatic carbocycles. The van der Waals surface area contributed by atoms with Gasteiger partial charge in [0, 0.05) is 6.20 Å². The molecule has 1 spiro atoms. The van der Waals surface area contributed by atoms with Crippen LogP contribution in [0.5, 0.6) is 0 Å². The normalized spacial score (nSPS) is 39.0. The average Bonchev–Trinajstić information content (AvgIpc) is 3.14. The fourth-order valence-corrected chi connectivity index (χ4v) is 5.42. The number of rotatable bonds is 4. The number of hydrogen-bond acceptors (Lipinski definition) is 4. The second-order valence-corrected chi connectivity index (χ2v) is 10.1. The highest BCUT2D eigenvalue weighted by molar-refractivity contribution is 8.03. The van der Waals surface area contributed by atoms with E-state index in [1.807, 2.05) is 11.6 Å². The number of quaternary nitrogens is 1. The predicted octanol–water partition coefficient (Wildman–Crippen LogP) is 3.73. The molecule has 0 aromatic carbocycles. The minimum atomic E-state index is -0.472. The fourth-order valence-electron chi connectivity index (χ4n) is 4.22. The van der Waals surface area contributed by atoms with Gasteiger partial charge in [-0.1, -0.05) is 27.7 Å². The second-order valence-electron chi connectivity index (χ2n) is 8.99. The second kappa shape index (κ2) is 5.64. The molecular weight excluding hydrogens is 322 g/mol. The van der Waals surface area contributed by atoms with Crippen molar-refractivity contribution in [2.24, 2.45) is 5.41 Å². The summed E-state index contributed by atoms with van der Waals surface area (Å²) in [5, 5.41) is 8.11. The molecule has 0 aromatic rings. The molecule has 0 saturated carbocycles. The summed E-state index contributed by atoms with van der Waals surface area (Å²) in [5.41, 5.74) is -0.0196. The summed E-state index contributed by atoms with van der Waals surface area (Å²) < 4.78 is 6.78. The largest absolute Gasteiger partial charge is 0.428 e. The van der Waals surface area contributed by atoms with E-state index in [-0.39, 0.29) is 29.2 Å². The van der Waals surface area contributed by atoms with Crippen molar-refractivity contribution in [1.82, 2.24) is 10.6 Å². The van der Waals surface area contributed by atoms with Crippen molar-refractivity contribution in [3.63, 3.8) is 0 Å². The van der Waals surface area contributed by atoms with Gasteiger partial charge < -0.3 is 10.1 Å². The van der Waals surface area contributed by atoms with E-state index in [1.54, 1.807) is 11.8 Å². The molecule has 4 atom stereocenters. The number of carbonyl (C=O) groups is 1. The Morgan fingerprint density at radius 1 is 1.33 bits per heavy atom. The summed E-state index contributed by atoms with van der Waals surface area (Å²) in [6.07, 6.45) is 5.38. The number of nitrogens with zero attached hydrogens (tertiary/aromatic N) is 1. The predicted molar refractivity (Wildman–Crippen MR) is 98.0 cm³/mol. The summed E-state index contributed by atoms with van der Waals surface area (Å²) in [6.45, 7) is 14.0. The number of nitrogens with one attached hydrogen (secondary N) is 2. The number of carbonyl (C=O) groups excluding carboxylic acids is 1. The Morgan fingerprint density at radius 2 is 2.04 bits per heavy atom. The van der Waals surface area contributed by atoms with Gasteiger partial charge in [0.05, 0.1) is 6.10 Å². The highest BCUT2D eigenvalue weighted by Gasteiger charge is 2.75. The van der Waals surface area contributed by atoms with Crippen LogP contribution in [0.4, 0.5) is 4.79 Å². The van der Waals surface area contributed by atoms with E-state index in [0.717, 1.165) is 25.8 Å². The van der Waals surface area contributed by atoms with E-state index in [9.17, 15) is 4.79 Å².